The van der Waals surface area contributed by atoms with Gasteiger partial charge in [-0.05, 0) is 49.9 Å². The second-order valence-electron chi connectivity index (χ2n) is 5.03. The van der Waals surface area contributed by atoms with E-state index in [1.165, 1.54) is 11.1 Å². The number of ether oxygens (including phenoxy) is 1. The van der Waals surface area contributed by atoms with Crippen molar-refractivity contribution in [2.45, 2.75) is 39.7 Å². The average molecular weight is 264 g/mol. The van der Waals surface area contributed by atoms with Crippen LogP contribution in [0.4, 0.5) is 0 Å². The molecule has 1 rings (SSSR count). The molecular formula is C15H24N2O2. The molecule has 1 amide bonds. The van der Waals surface area contributed by atoms with Crippen LogP contribution >= 0.6 is 0 Å². The van der Waals surface area contributed by atoms with E-state index in [1.54, 1.807) is 7.11 Å². The summed E-state index contributed by atoms with van der Waals surface area (Å²) in [4.78, 5) is 11.5. The van der Waals surface area contributed by atoms with E-state index in [4.69, 9.17) is 10.5 Å². The zero-order chi connectivity index (χ0) is 14.4. The summed E-state index contributed by atoms with van der Waals surface area (Å²) >= 11 is 0. The molecule has 19 heavy (non-hydrogen) atoms. The smallest absolute Gasteiger partial charge is 0.221 e. The van der Waals surface area contributed by atoms with Crippen LogP contribution in [0.1, 0.15) is 30.0 Å². The number of benzene rings is 1. The number of nitrogens with two attached hydrogens (primary N) is 1. The first-order valence-corrected chi connectivity index (χ1v) is 6.60. The maximum Gasteiger partial charge on any atom is 0.221 e. The number of aryl methyl sites for hydroxylation is 2. The number of nitrogens with one attached hydrogen (secondary N) is 1. The Labute approximate surface area is 115 Å². The molecule has 1 atom stereocenters. The van der Waals surface area contributed by atoms with Crippen molar-refractivity contribution in [2.75, 3.05) is 13.7 Å². The molecule has 0 heterocycles. The van der Waals surface area contributed by atoms with Gasteiger partial charge in [-0.2, -0.15) is 0 Å². The molecule has 0 saturated carbocycles. The van der Waals surface area contributed by atoms with Crippen LogP contribution in [-0.4, -0.2) is 25.6 Å². The predicted molar refractivity (Wildman–Crippen MR) is 77.4 cm³/mol. The van der Waals surface area contributed by atoms with Crippen molar-refractivity contribution in [3.63, 3.8) is 0 Å². The lowest BCUT2D eigenvalue weighted by molar-refractivity contribution is -0.121. The molecule has 0 aliphatic carbocycles. The van der Waals surface area contributed by atoms with Gasteiger partial charge in [0, 0.05) is 19.0 Å². The topological polar surface area (TPSA) is 64.3 Å². The normalized spacial score (nSPS) is 12.1. The Balaban J connectivity index is 2.54. The summed E-state index contributed by atoms with van der Waals surface area (Å²) in [5.74, 6) is 0.917. The van der Waals surface area contributed by atoms with Crippen LogP contribution in [0.15, 0.2) is 12.1 Å². The molecule has 1 unspecified atom stereocenters. The summed E-state index contributed by atoms with van der Waals surface area (Å²) in [7, 11) is 1.68. The van der Waals surface area contributed by atoms with Gasteiger partial charge < -0.3 is 15.8 Å². The Morgan fingerprint density at radius 2 is 2.05 bits per heavy atom. The van der Waals surface area contributed by atoms with Crippen molar-refractivity contribution in [1.29, 1.82) is 0 Å². The molecule has 0 radical (unpaired) electrons. The van der Waals surface area contributed by atoms with E-state index in [9.17, 15) is 4.79 Å². The summed E-state index contributed by atoms with van der Waals surface area (Å²) in [5.41, 5.74) is 9.11. The number of carbonyl (C=O) groups is 1. The first-order valence-electron chi connectivity index (χ1n) is 6.60. The molecule has 0 aliphatic heterocycles. The third-order valence-corrected chi connectivity index (χ3v) is 3.08. The van der Waals surface area contributed by atoms with Crippen LogP contribution in [0.25, 0.3) is 0 Å². The quantitative estimate of drug-likeness (QED) is 0.822. The van der Waals surface area contributed by atoms with Crippen LogP contribution < -0.4 is 15.8 Å². The van der Waals surface area contributed by atoms with Gasteiger partial charge in [-0.25, -0.2) is 0 Å². The highest BCUT2D eigenvalue weighted by Crippen LogP contribution is 2.22. The van der Waals surface area contributed by atoms with E-state index in [0.29, 0.717) is 13.0 Å². The molecule has 0 spiro atoms. The fourth-order valence-electron chi connectivity index (χ4n) is 2.04. The Morgan fingerprint density at radius 3 is 2.63 bits per heavy atom. The van der Waals surface area contributed by atoms with Crippen molar-refractivity contribution in [1.82, 2.24) is 5.32 Å². The minimum atomic E-state index is -0.0926. The van der Waals surface area contributed by atoms with Crippen molar-refractivity contribution in [3.8, 4) is 5.75 Å². The summed E-state index contributed by atoms with van der Waals surface area (Å²) in [6.45, 7) is 6.55. The van der Waals surface area contributed by atoms with Gasteiger partial charge in [0.15, 0.2) is 0 Å². The zero-order valence-electron chi connectivity index (χ0n) is 12.2. The maximum atomic E-state index is 11.5. The first kappa shape index (κ1) is 15.5. The monoisotopic (exact) mass is 264 g/mol. The van der Waals surface area contributed by atoms with E-state index in [0.717, 1.165) is 17.7 Å². The van der Waals surface area contributed by atoms with Crippen LogP contribution in [-0.2, 0) is 11.2 Å². The lowest BCUT2D eigenvalue weighted by Crippen LogP contribution is -2.31. The molecule has 1 aromatic carbocycles. The second kappa shape index (κ2) is 7.14. The molecule has 0 fully saturated rings. The van der Waals surface area contributed by atoms with Crippen molar-refractivity contribution in [2.24, 2.45) is 5.73 Å². The van der Waals surface area contributed by atoms with Crippen molar-refractivity contribution in [3.05, 3.63) is 28.8 Å². The highest BCUT2D eigenvalue weighted by atomic mass is 16.5. The number of methoxy groups -OCH3 is 1. The van der Waals surface area contributed by atoms with Crippen molar-refractivity contribution < 1.29 is 9.53 Å². The number of rotatable bonds is 6. The molecule has 106 valence electrons. The van der Waals surface area contributed by atoms with E-state index in [1.807, 2.05) is 19.9 Å². The number of hydrogen-bond acceptors (Lipinski definition) is 3. The predicted octanol–water partition coefficient (Wildman–Crippen LogP) is 1.71. The van der Waals surface area contributed by atoms with Gasteiger partial charge in [0.1, 0.15) is 5.75 Å². The highest BCUT2D eigenvalue weighted by Gasteiger charge is 2.07. The molecular weight excluding hydrogens is 240 g/mol. The third-order valence-electron chi connectivity index (χ3n) is 3.08. The molecule has 0 aromatic heterocycles. The molecule has 4 heteroatoms. The lowest BCUT2D eigenvalue weighted by Gasteiger charge is -2.12. The van der Waals surface area contributed by atoms with Gasteiger partial charge in [0.25, 0.3) is 0 Å². The first-order chi connectivity index (χ1) is 8.93. The van der Waals surface area contributed by atoms with E-state index < -0.39 is 0 Å². The zero-order valence-corrected chi connectivity index (χ0v) is 12.2. The number of amides is 1. The lowest BCUT2D eigenvalue weighted by atomic mass is 10.0. The molecule has 0 aliphatic rings. The summed E-state index contributed by atoms with van der Waals surface area (Å²) in [6.07, 6.45) is 1.20. The van der Waals surface area contributed by atoms with Gasteiger partial charge in [0.05, 0.1) is 7.11 Å². The van der Waals surface area contributed by atoms with Crippen LogP contribution in [0, 0.1) is 13.8 Å². The van der Waals surface area contributed by atoms with E-state index >= 15 is 0 Å². The van der Waals surface area contributed by atoms with Gasteiger partial charge in [0.2, 0.25) is 5.91 Å². The minimum absolute atomic E-state index is 0.0119. The van der Waals surface area contributed by atoms with Crippen LogP contribution in [0.2, 0.25) is 0 Å². The van der Waals surface area contributed by atoms with Gasteiger partial charge in [-0.15, -0.1) is 0 Å². The Kier molecular flexibility index (Phi) is 5.83. The molecule has 0 saturated heterocycles. The van der Waals surface area contributed by atoms with Crippen molar-refractivity contribution >= 4 is 5.91 Å². The van der Waals surface area contributed by atoms with E-state index in [2.05, 4.69) is 18.3 Å². The summed E-state index contributed by atoms with van der Waals surface area (Å²) in [6, 6.07) is 4.06. The molecule has 3 N–H and O–H groups in total. The Morgan fingerprint density at radius 1 is 1.37 bits per heavy atom. The molecule has 4 nitrogen and oxygen atoms in total. The largest absolute Gasteiger partial charge is 0.496 e. The standard InChI is InChI=1S/C15H24N2O2/c1-10-8-14(19-4)11(2)7-13(10)5-6-17-15(18)9-12(3)16/h7-8,12H,5-6,9,16H2,1-4H3,(H,17,18). The second-order valence-corrected chi connectivity index (χ2v) is 5.03. The maximum absolute atomic E-state index is 11.5. The molecule has 1 aromatic rings. The SMILES string of the molecule is COc1cc(C)c(CCNC(=O)CC(C)N)cc1C. The third kappa shape index (κ3) is 4.91. The number of hydrogen-bond donors (Lipinski definition) is 2. The highest BCUT2D eigenvalue weighted by molar-refractivity contribution is 5.76. The van der Waals surface area contributed by atoms with Gasteiger partial charge >= 0.3 is 0 Å². The molecule has 0 bridgehead atoms. The van der Waals surface area contributed by atoms with Gasteiger partial charge in [-0.1, -0.05) is 6.07 Å². The summed E-state index contributed by atoms with van der Waals surface area (Å²) < 4.78 is 5.28. The Bertz CT molecular complexity index is 442. The fourth-order valence-corrected chi connectivity index (χ4v) is 2.04. The Hall–Kier alpha value is -1.55. The van der Waals surface area contributed by atoms with Crippen LogP contribution in [0.3, 0.4) is 0 Å². The number of carbonyl (C=O) groups excluding carboxylic acids is 1. The van der Waals surface area contributed by atoms with Crippen LogP contribution in [0.5, 0.6) is 5.75 Å². The average Bonchev–Trinajstić information content (AvgIpc) is 2.32. The summed E-state index contributed by atoms with van der Waals surface area (Å²) in [5, 5.41) is 2.89. The van der Waals surface area contributed by atoms with E-state index in [-0.39, 0.29) is 11.9 Å². The minimum Gasteiger partial charge on any atom is -0.496 e. The van der Waals surface area contributed by atoms with Gasteiger partial charge in [-0.3, -0.25) is 4.79 Å². The fraction of sp³-hybridized carbons (Fsp3) is 0.533.